The van der Waals surface area contributed by atoms with E-state index < -0.39 is 0 Å². The summed E-state index contributed by atoms with van der Waals surface area (Å²) in [6, 6.07) is 15.5. The van der Waals surface area contributed by atoms with Crippen LogP contribution < -0.4 is 10.3 Å². The van der Waals surface area contributed by atoms with Crippen molar-refractivity contribution in [3.63, 3.8) is 0 Å². The molecule has 0 aliphatic carbocycles. The molecule has 5 heteroatoms. The second kappa shape index (κ2) is 5.28. The molecule has 0 fully saturated rings. The van der Waals surface area contributed by atoms with Gasteiger partial charge in [-0.1, -0.05) is 30.3 Å². The average molecular weight is 305 g/mol. The van der Waals surface area contributed by atoms with E-state index in [0.717, 1.165) is 27.7 Å². The third-order valence-corrected chi connectivity index (χ3v) is 3.99. The van der Waals surface area contributed by atoms with Crippen molar-refractivity contribution in [2.45, 2.75) is 6.54 Å². The molecule has 2 aromatic heterocycles. The maximum Gasteiger partial charge on any atom is 0.277 e. The number of aromatic nitrogens is 3. The van der Waals surface area contributed by atoms with Crippen LogP contribution in [-0.4, -0.2) is 21.6 Å². The Labute approximate surface area is 132 Å². The highest BCUT2D eigenvalue weighted by molar-refractivity contribution is 6.04. The Balaban J connectivity index is 1.79. The number of para-hydroxylation sites is 1. The lowest BCUT2D eigenvalue weighted by Gasteiger charge is -2.06. The van der Waals surface area contributed by atoms with Crippen LogP contribution in [0, 0.1) is 0 Å². The third-order valence-electron chi connectivity index (χ3n) is 3.99. The van der Waals surface area contributed by atoms with E-state index in [9.17, 15) is 4.79 Å². The van der Waals surface area contributed by atoms with Crippen LogP contribution in [0.2, 0.25) is 0 Å². The van der Waals surface area contributed by atoms with Gasteiger partial charge in [-0.3, -0.25) is 9.36 Å². The Bertz CT molecular complexity index is 1050. The molecule has 0 amide bonds. The highest BCUT2D eigenvalue weighted by atomic mass is 16.5. The van der Waals surface area contributed by atoms with E-state index in [2.05, 4.69) is 9.97 Å². The molecule has 23 heavy (non-hydrogen) atoms. The highest BCUT2D eigenvalue weighted by Crippen LogP contribution is 2.20. The monoisotopic (exact) mass is 305 g/mol. The Hall–Kier alpha value is -3.08. The number of benzene rings is 2. The number of rotatable bonds is 3. The fourth-order valence-electron chi connectivity index (χ4n) is 2.78. The molecule has 5 nitrogen and oxygen atoms in total. The first-order chi connectivity index (χ1) is 11.3. The minimum Gasteiger partial charge on any atom is -0.497 e. The van der Waals surface area contributed by atoms with Gasteiger partial charge < -0.3 is 9.72 Å². The zero-order chi connectivity index (χ0) is 15.8. The van der Waals surface area contributed by atoms with Crippen molar-refractivity contribution in [3.8, 4) is 5.75 Å². The molecule has 2 aromatic carbocycles. The predicted octanol–water partition coefficient (Wildman–Crippen LogP) is 2.93. The van der Waals surface area contributed by atoms with Crippen molar-refractivity contribution >= 4 is 21.9 Å². The predicted molar refractivity (Wildman–Crippen MR) is 90.0 cm³/mol. The molecule has 0 aliphatic rings. The Kier molecular flexibility index (Phi) is 3.12. The third kappa shape index (κ3) is 2.26. The van der Waals surface area contributed by atoms with Gasteiger partial charge >= 0.3 is 0 Å². The van der Waals surface area contributed by atoms with Gasteiger partial charge in [-0.25, -0.2) is 4.98 Å². The van der Waals surface area contributed by atoms with Crippen molar-refractivity contribution in [1.29, 1.82) is 0 Å². The number of aromatic amines is 1. The minimum absolute atomic E-state index is 0.0676. The molecular formula is C18H15N3O2. The van der Waals surface area contributed by atoms with E-state index in [4.69, 9.17) is 4.74 Å². The van der Waals surface area contributed by atoms with E-state index in [1.807, 2.05) is 48.5 Å². The molecule has 0 saturated heterocycles. The quantitative estimate of drug-likeness (QED) is 0.633. The molecule has 0 aliphatic heterocycles. The molecule has 0 saturated carbocycles. The van der Waals surface area contributed by atoms with Gasteiger partial charge in [-0.05, 0) is 23.8 Å². The highest BCUT2D eigenvalue weighted by Gasteiger charge is 2.10. The number of H-pyrrole nitrogens is 1. The molecular weight excluding hydrogens is 290 g/mol. The van der Waals surface area contributed by atoms with Gasteiger partial charge in [0.2, 0.25) is 0 Å². The summed E-state index contributed by atoms with van der Waals surface area (Å²) in [5, 5.41) is 0.969. The van der Waals surface area contributed by atoms with Gasteiger partial charge in [0.25, 0.3) is 5.56 Å². The van der Waals surface area contributed by atoms with E-state index in [0.29, 0.717) is 12.1 Å². The first kappa shape index (κ1) is 13.6. The summed E-state index contributed by atoms with van der Waals surface area (Å²) in [5.41, 5.74) is 3.14. The molecule has 0 unspecified atom stereocenters. The number of nitrogens with one attached hydrogen (secondary N) is 1. The number of hydrogen-bond donors (Lipinski definition) is 1. The Morgan fingerprint density at radius 2 is 1.91 bits per heavy atom. The summed E-state index contributed by atoms with van der Waals surface area (Å²) in [6.45, 7) is 0.473. The van der Waals surface area contributed by atoms with Crippen LogP contribution in [0.15, 0.2) is 59.7 Å². The lowest BCUT2D eigenvalue weighted by molar-refractivity contribution is 0.414. The smallest absolute Gasteiger partial charge is 0.277 e. The fraction of sp³-hybridized carbons (Fsp3) is 0.111. The maximum atomic E-state index is 12.7. The van der Waals surface area contributed by atoms with E-state index >= 15 is 0 Å². The lowest BCUT2D eigenvalue weighted by atomic mass is 10.2. The largest absolute Gasteiger partial charge is 0.497 e. The maximum absolute atomic E-state index is 12.7. The van der Waals surface area contributed by atoms with Crippen LogP contribution in [0.5, 0.6) is 5.75 Å². The average Bonchev–Trinajstić information content (AvgIpc) is 2.98. The van der Waals surface area contributed by atoms with Gasteiger partial charge in [-0.15, -0.1) is 0 Å². The lowest BCUT2D eigenvalue weighted by Crippen LogP contribution is -2.21. The summed E-state index contributed by atoms with van der Waals surface area (Å²) in [7, 11) is 1.63. The summed E-state index contributed by atoms with van der Waals surface area (Å²) in [5.74, 6) is 0.797. The summed E-state index contributed by atoms with van der Waals surface area (Å²) >= 11 is 0. The SMILES string of the molecule is COc1ccc(Cn2cnc3c([nH]c4ccccc43)c2=O)cc1. The molecule has 0 bridgehead atoms. The Morgan fingerprint density at radius 1 is 1.13 bits per heavy atom. The molecule has 0 spiro atoms. The Morgan fingerprint density at radius 3 is 2.70 bits per heavy atom. The van der Waals surface area contributed by atoms with Crippen LogP contribution in [0.1, 0.15) is 5.56 Å². The number of fused-ring (bicyclic) bond motifs is 3. The normalized spacial score (nSPS) is 11.2. The van der Waals surface area contributed by atoms with Crippen molar-refractivity contribution in [2.75, 3.05) is 7.11 Å². The number of methoxy groups -OCH3 is 1. The van der Waals surface area contributed by atoms with E-state index in [1.165, 1.54) is 0 Å². The first-order valence-corrected chi connectivity index (χ1v) is 7.35. The van der Waals surface area contributed by atoms with Gasteiger partial charge in [0, 0.05) is 10.9 Å². The summed E-state index contributed by atoms with van der Waals surface area (Å²) in [6.07, 6.45) is 1.61. The number of ether oxygens (including phenoxy) is 1. The van der Waals surface area contributed by atoms with Crippen molar-refractivity contribution in [3.05, 3.63) is 70.8 Å². The molecule has 0 radical (unpaired) electrons. The van der Waals surface area contributed by atoms with Crippen molar-refractivity contribution in [1.82, 2.24) is 14.5 Å². The molecule has 2 heterocycles. The fourth-order valence-corrected chi connectivity index (χ4v) is 2.78. The standard InChI is InChI=1S/C18H15N3O2/c1-23-13-8-6-12(7-9-13)10-21-11-19-16-14-4-2-3-5-15(14)20-17(16)18(21)22/h2-9,11,20H,10H2,1H3. The number of hydrogen-bond acceptors (Lipinski definition) is 3. The summed E-state index contributed by atoms with van der Waals surface area (Å²) < 4.78 is 6.76. The zero-order valence-electron chi connectivity index (χ0n) is 12.6. The van der Waals surface area contributed by atoms with Crippen LogP contribution in [0.3, 0.4) is 0 Å². The first-order valence-electron chi connectivity index (χ1n) is 7.35. The van der Waals surface area contributed by atoms with Gasteiger partial charge in [0.15, 0.2) is 0 Å². The summed E-state index contributed by atoms with van der Waals surface area (Å²) in [4.78, 5) is 20.3. The zero-order valence-corrected chi connectivity index (χ0v) is 12.6. The van der Waals surface area contributed by atoms with Crippen molar-refractivity contribution in [2.24, 2.45) is 0 Å². The molecule has 4 aromatic rings. The second-order valence-electron chi connectivity index (χ2n) is 5.42. The van der Waals surface area contributed by atoms with Crippen molar-refractivity contribution < 1.29 is 4.74 Å². The van der Waals surface area contributed by atoms with Gasteiger partial charge in [-0.2, -0.15) is 0 Å². The molecule has 114 valence electrons. The van der Waals surface area contributed by atoms with E-state index in [-0.39, 0.29) is 5.56 Å². The van der Waals surface area contributed by atoms with Crippen LogP contribution >= 0.6 is 0 Å². The van der Waals surface area contributed by atoms with Crippen LogP contribution in [0.25, 0.3) is 21.9 Å². The molecule has 0 atom stereocenters. The minimum atomic E-state index is -0.0676. The van der Waals surface area contributed by atoms with E-state index in [1.54, 1.807) is 18.0 Å². The van der Waals surface area contributed by atoms with Crippen LogP contribution in [0.4, 0.5) is 0 Å². The van der Waals surface area contributed by atoms with Crippen LogP contribution in [-0.2, 0) is 6.54 Å². The number of nitrogens with zero attached hydrogens (tertiary/aromatic N) is 2. The second-order valence-corrected chi connectivity index (χ2v) is 5.42. The molecule has 1 N–H and O–H groups in total. The topological polar surface area (TPSA) is 59.9 Å². The van der Waals surface area contributed by atoms with Gasteiger partial charge in [0.1, 0.15) is 16.8 Å². The molecule has 4 rings (SSSR count). The van der Waals surface area contributed by atoms with Gasteiger partial charge in [0.05, 0.1) is 20.0 Å².